The van der Waals surface area contributed by atoms with Gasteiger partial charge in [-0.3, -0.25) is 4.90 Å². The van der Waals surface area contributed by atoms with Crippen LogP contribution in [0.15, 0.2) is 18.2 Å². The summed E-state index contributed by atoms with van der Waals surface area (Å²) in [4.78, 5) is 2.42. The van der Waals surface area contributed by atoms with Gasteiger partial charge in [0, 0.05) is 0 Å². The Morgan fingerprint density at radius 1 is 1.12 bits per heavy atom. The highest BCUT2D eigenvalue weighted by Crippen LogP contribution is 2.25. The van der Waals surface area contributed by atoms with E-state index in [2.05, 4.69) is 36.9 Å². The van der Waals surface area contributed by atoms with Gasteiger partial charge in [0.15, 0.2) is 0 Å². The summed E-state index contributed by atoms with van der Waals surface area (Å²) in [7, 11) is 0. The molecule has 0 bridgehead atoms. The minimum absolute atomic E-state index is 0.189. The quantitative estimate of drug-likeness (QED) is 0.867. The summed E-state index contributed by atoms with van der Waals surface area (Å²) in [6.45, 7) is 6.75. The highest BCUT2D eigenvalue weighted by atomic mass is 16.3. The predicted octanol–water partition coefficient (Wildman–Crippen LogP) is 2.82. The lowest BCUT2D eigenvalue weighted by molar-refractivity contribution is 0.104. The molecule has 1 aliphatic rings. The van der Waals surface area contributed by atoms with Crippen molar-refractivity contribution in [1.82, 2.24) is 4.90 Å². The number of piperidine rings is 1. The summed E-state index contributed by atoms with van der Waals surface area (Å²) in [6.07, 6.45) is 3.87. The van der Waals surface area contributed by atoms with Crippen molar-refractivity contribution in [2.75, 3.05) is 19.7 Å². The van der Waals surface area contributed by atoms with Crippen LogP contribution in [-0.4, -0.2) is 29.7 Å². The van der Waals surface area contributed by atoms with Crippen molar-refractivity contribution in [2.45, 2.75) is 39.2 Å². The van der Waals surface area contributed by atoms with Crippen LogP contribution in [-0.2, 0) is 0 Å². The van der Waals surface area contributed by atoms with Crippen LogP contribution in [0.4, 0.5) is 0 Å². The van der Waals surface area contributed by atoms with Gasteiger partial charge in [-0.05, 0) is 56.5 Å². The molecule has 1 unspecified atom stereocenters. The Bertz CT molecular complexity index is 369. The SMILES string of the molecule is Cc1ccc(C(CO)N2CCCCC2)cc1C. The van der Waals surface area contributed by atoms with Gasteiger partial charge < -0.3 is 5.11 Å². The Morgan fingerprint density at radius 2 is 1.82 bits per heavy atom. The molecule has 2 rings (SSSR count). The predicted molar refractivity (Wildman–Crippen MR) is 71.2 cm³/mol. The lowest BCUT2D eigenvalue weighted by Gasteiger charge is -2.34. The van der Waals surface area contributed by atoms with Crippen molar-refractivity contribution in [3.8, 4) is 0 Å². The van der Waals surface area contributed by atoms with Crippen molar-refractivity contribution >= 4 is 0 Å². The monoisotopic (exact) mass is 233 g/mol. The molecule has 1 saturated heterocycles. The number of hydrogen-bond donors (Lipinski definition) is 1. The van der Waals surface area contributed by atoms with E-state index in [1.165, 1.54) is 36.0 Å². The number of aliphatic hydroxyl groups is 1. The van der Waals surface area contributed by atoms with Crippen LogP contribution in [0.25, 0.3) is 0 Å². The maximum Gasteiger partial charge on any atom is 0.0628 e. The van der Waals surface area contributed by atoms with Crippen LogP contribution in [0.3, 0.4) is 0 Å². The maximum absolute atomic E-state index is 9.65. The van der Waals surface area contributed by atoms with Gasteiger partial charge in [0.25, 0.3) is 0 Å². The van der Waals surface area contributed by atoms with Crippen molar-refractivity contribution in [3.63, 3.8) is 0 Å². The molecular weight excluding hydrogens is 210 g/mol. The summed E-state index contributed by atoms with van der Waals surface area (Å²) in [6, 6.07) is 6.74. The molecule has 0 saturated carbocycles. The van der Waals surface area contributed by atoms with Crippen molar-refractivity contribution in [3.05, 3.63) is 34.9 Å². The number of hydrogen-bond acceptors (Lipinski definition) is 2. The fourth-order valence-electron chi connectivity index (χ4n) is 2.63. The van der Waals surface area contributed by atoms with E-state index in [1.807, 2.05) is 0 Å². The van der Waals surface area contributed by atoms with Crippen molar-refractivity contribution in [2.24, 2.45) is 0 Å². The van der Waals surface area contributed by atoms with Crippen LogP contribution in [0.1, 0.15) is 42.0 Å². The summed E-state index contributed by atoms with van der Waals surface area (Å²) in [5.41, 5.74) is 3.90. The van der Waals surface area contributed by atoms with Crippen LogP contribution < -0.4 is 0 Å². The van der Waals surface area contributed by atoms with Gasteiger partial charge in [-0.2, -0.15) is 0 Å². The Kier molecular flexibility index (Phi) is 4.19. The van der Waals surface area contributed by atoms with Crippen molar-refractivity contribution in [1.29, 1.82) is 0 Å². The maximum atomic E-state index is 9.65. The average molecular weight is 233 g/mol. The second kappa shape index (κ2) is 5.65. The number of likely N-dealkylation sites (tertiary alicyclic amines) is 1. The highest BCUT2D eigenvalue weighted by molar-refractivity contribution is 5.31. The molecule has 0 aliphatic carbocycles. The van der Waals surface area contributed by atoms with E-state index in [-0.39, 0.29) is 12.6 Å². The lowest BCUT2D eigenvalue weighted by atomic mass is 9.98. The van der Waals surface area contributed by atoms with Crippen molar-refractivity contribution < 1.29 is 5.11 Å². The van der Waals surface area contributed by atoms with Gasteiger partial charge in [0.1, 0.15) is 0 Å². The molecule has 1 atom stereocenters. The first-order valence-electron chi connectivity index (χ1n) is 6.64. The molecule has 0 aromatic heterocycles. The van der Waals surface area contributed by atoms with Gasteiger partial charge >= 0.3 is 0 Å². The first kappa shape index (κ1) is 12.6. The smallest absolute Gasteiger partial charge is 0.0628 e. The van der Waals surface area contributed by atoms with E-state index in [4.69, 9.17) is 0 Å². The highest BCUT2D eigenvalue weighted by Gasteiger charge is 2.21. The van der Waals surface area contributed by atoms with Gasteiger partial charge in [-0.1, -0.05) is 24.6 Å². The fourth-order valence-corrected chi connectivity index (χ4v) is 2.63. The zero-order valence-corrected chi connectivity index (χ0v) is 10.9. The normalized spacial score (nSPS) is 19.2. The number of aryl methyl sites for hydroxylation is 2. The number of nitrogens with zero attached hydrogens (tertiary/aromatic N) is 1. The molecule has 2 nitrogen and oxygen atoms in total. The van der Waals surface area contributed by atoms with Gasteiger partial charge in [-0.15, -0.1) is 0 Å². The Balaban J connectivity index is 2.18. The summed E-state index contributed by atoms with van der Waals surface area (Å²) >= 11 is 0. The molecule has 1 fully saturated rings. The minimum atomic E-state index is 0.189. The van der Waals surface area contributed by atoms with Gasteiger partial charge in [0.2, 0.25) is 0 Å². The Morgan fingerprint density at radius 3 is 2.41 bits per heavy atom. The number of rotatable bonds is 3. The lowest BCUT2D eigenvalue weighted by Crippen LogP contribution is -2.35. The molecule has 1 aromatic rings. The van der Waals surface area contributed by atoms with Gasteiger partial charge in [0.05, 0.1) is 12.6 Å². The zero-order chi connectivity index (χ0) is 12.3. The molecule has 17 heavy (non-hydrogen) atoms. The van der Waals surface area contributed by atoms with Crippen LogP contribution >= 0.6 is 0 Å². The van der Waals surface area contributed by atoms with E-state index in [0.717, 1.165) is 13.1 Å². The molecule has 94 valence electrons. The Hall–Kier alpha value is -0.860. The van der Waals surface area contributed by atoms with E-state index < -0.39 is 0 Å². The minimum Gasteiger partial charge on any atom is -0.394 e. The second-order valence-corrected chi connectivity index (χ2v) is 5.14. The summed E-state index contributed by atoms with van der Waals surface area (Å²) < 4.78 is 0. The molecule has 0 radical (unpaired) electrons. The molecule has 0 spiro atoms. The van der Waals surface area contributed by atoms with E-state index in [1.54, 1.807) is 0 Å². The zero-order valence-electron chi connectivity index (χ0n) is 10.9. The topological polar surface area (TPSA) is 23.5 Å². The third-order valence-corrected chi connectivity index (χ3v) is 3.92. The molecule has 2 heteroatoms. The van der Waals surface area contributed by atoms with Crippen LogP contribution in [0, 0.1) is 13.8 Å². The van der Waals surface area contributed by atoms with Crippen LogP contribution in [0.5, 0.6) is 0 Å². The van der Waals surface area contributed by atoms with E-state index in [9.17, 15) is 5.11 Å². The molecule has 0 amide bonds. The fraction of sp³-hybridized carbons (Fsp3) is 0.600. The van der Waals surface area contributed by atoms with E-state index in [0.29, 0.717) is 0 Å². The largest absolute Gasteiger partial charge is 0.394 e. The third kappa shape index (κ3) is 2.88. The first-order chi connectivity index (χ1) is 8.22. The Labute approximate surface area is 104 Å². The molecule has 1 aliphatic heterocycles. The molecule has 1 heterocycles. The summed E-state index contributed by atoms with van der Waals surface area (Å²) in [5, 5.41) is 9.65. The third-order valence-electron chi connectivity index (χ3n) is 3.92. The van der Waals surface area contributed by atoms with Crippen LogP contribution in [0.2, 0.25) is 0 Å². The average Bonchev–Trinajstić information content (AvgIpc) is 2.36. The molecular formula is C15H23NO. The first-order valence-corrected chi connectivity index (χ1v) is 6.64. The standard InChI is InChI=1S/C15H23NO/c1-12-6-7-14(10-13(12)2)15(11-17)16-8-4-3-5-9-16/h6-7,10,15,17H,3-5,8-9,11H2,1-2H3. The van der Waals surface area contributed by atoms with E-state index >= 15 is 0 Å². The molecule has 1 N–H and O–H groups in total. The molecule has 1 aromatic carbocycles. The van der Waals surface area contributed by atoms with Gasteiger partial charge in [-0.25, -0.2) is 0 Å². The number of benzene rings is 1. The summed E-state index contributed by atoms with van der Waals surface area (Å²) in [5.74, 6) is 0. The second-order valence-electron chi connectivity index (χ2n) is 5.14. The number of aliphatic hydroxyl groups excluding tert-OH is 1.